The van der Waals surface area contributed by atoms with E-state index in [4.69, 9.17) is 4.74 Å². The van der Waals surface area contributed by atoms with Gasteiger partial charge in [-0.15, -0.1) is 11.3 Å². The molecule has 3 rings (SSSR count). The van der Waals surface area contributed by atoms with Crippen molar-refractivity contribution >= 4 is 17.2 Å². The van der Waals surface area contributed by atoms with Gasteiger partial charge in [-0.3, -0.25) is 4.79 Å². The lowest BCUT2D eigenvalue weighted by Crippen LogP contribution is -2.58. The topological polar surface area (TPSA) is 29.5 Å². The van der Waals surface area contributed by atoms with Crippen molar-refractivity contribution in [2.75, 3.05) is 13.2 Å². The van der Waals surface area contributed by atoms with Gasteiger partial charge in [0, 0.05) is 13.0 Å². The molecule has 22 heavy (non-hydrogen) atoms. The molecule has 1 aliphatic heterocycles. The van der Waals surface area contributed by atoms with Crippen LogP contribution in [0.4, 0.5) is 0 Å². The molecule has 0 spiro atoms. The smallest absolute Gasteiger partial charge is 0.264 e. The van der Waals surface area contributed by atoms with Gasteiger partial charge in [-0.25, -0.2) is 0 Å². The SMILES string of the molecule is CC1(C)COC(Cc2ccccc2)CN1C(=O)c1cccs1. The molecule has 0 aliphatic carbocycles. The number of morpholine rings is 1. The predicted molar refractivity (Wildman–Crippen MR) is 89.3 cm³/mol. The molecule has 116 valence electrons. The quantitative estimate of drug-likeness (QED) is 0.866. The number of hydrogen-bond acceptors (Lipinski definition) is 3. The third-order valence-electron chi connectivity index (χ3n) is 4.07. The van der Waals surface area contributed by atoms with Gasteiger partial charge in [0.05, 0.1) is 23.1 Å². The molecule has 0 N–H and O–H groups in total. The molecule has 0 bridgehead atoms. The molecule has 4 heteroatoms. The summed E-state index contributed by atoms with van der Waals surface area (Å²) in [5.74, 6) is 0.112. The van der Waals surface area contributed by atoms with Crippen LogP contribution < -0.4 is 0 Å². The molecule has 1 atom stereocenters. The van der Waals surface area contributed by atoms with Gasteiger partial charge in [0.15, 0.2) is 0 Å². The highest BCUT2D eigenvalue weighted by molar-refractivity contribution is 7.12. The zero-order valence-electron chi connectivity index (χ0n) is 13.0. The Morgan fingerprint density at radius 1 is 1.27 bits per heavy atom. The molecule has 2 aromatic rings. The Hall–Kier alpha value is -1.65. The van der Waals surface area contributed by atoms with Gasteiger partial charge in [0.25, 0.3) is 5.91 Å². The molecule has 1 fully saturated rings. The molecule has 1 saturated heterocycles. The van der Waals surface area contributed by atoms with E-state index in [0.29, 0.717) is 13.2 Å². The average Bonchev–Trinajstić information content (AvgIpc) is 3.04. The van der Waals surface area contributed by atoms with Gasteiger partial charge in [-0.2, -0.15) is 0 Å². The van der Waals surface area contributed by atoms with E-state index in [9.17, 15) is 4.79 Å². The molecular weight excluding hydrogens is 294 g/mol. The van der Waals surface area contributed by atoms with Crippen LogP contribution in [0, 0.1) is 0 Å². The highest BCUT2D eigenvalue weighted by Gasteiger charge is 2.38. The molecule has 3 nitrogen and oxygen atoms in total. The van der Waals surface area contributed by atoms with Crippen molar-refractivity contribution in [3.63, 3.8) is 0 Å². The van der Waals surface area contributed by atoms with Gasteiger partial charge < -0.3 is 9.64 Å². The van der Waals surface area contributed by atoms with Crippen LogP contribution >= 0.6 is 11.3 Å². The summed E-state index contributed by atoms with van der Waals surface area (Å²) in [4.78, 5) is 15.5. The maximum atomic E-state index is 12.8. The van der Waals surface area contributed by atoms with Gasteiger partial charge >= 0.3 is 0 Å². The predicted octanol–water partition coefficient (Wildman–Crippen LogP) is 3.61. The van der Waals surface area contributed by atoms with E-state index in [-0.39, 0.29) is 17.6 Å². The van der Waals surface area contributed by atoms with Gasteiger partial charge in [-0.1, -0.05) is 36.4 Å². The number of carbonyl (C=O) groups excluding carboxylic acids is 1. The molecule has 1 aromatic carbocycles. The van der Waals surface area contributed by atoms with Crippen molar-refractivity contribution in [1.29, 1.82) is 0 Å². The number of carbonyl (C=O) groups is 1. The second-order valence-corrected chi connectivity index (χ2v) is 7.28. The van der Waals surface area contributed by atoms with Crippen LogP contribution in [-0.2, 0) is 11.2 Å². The lowest BCUT2D eigenvalue weighted by molar-refractivity contribution is -0.0820. The minimum absolute atomic E-state index is 0.0549. The summed E-state index contributed by atoms with van der Waals surface area (Å²) in [6, 6.07) is 14.1. The average molecular weight is 315 g/mol. The number of amides is 1. The Bertz CT molecular complexity index is 622. The molecule has 0 radical (unpaired) electrons. The van der Waals surface area contributed by atoms with Crippen LogP contribution in [0.5, 0.6) is 0 Å². The summed E-state index contributed by atoms with van der Waals surface area (Å²) in [7, 11) is 0. The molecule has 1 aliphatic rings. The van der Waals surface area contributed by atoms with E-state index in [1.165, 1.54) is 16.9 Å². The Kier molecular flexibility index (Phi) is 4.32. The third-order valence-corrected chi connectivity index (χ3v) is 4.93. The minimum Gasteiger partial charge on any atom is -0.374 e. The Balaban J connectivity index is 1.74. The van der Waals surface area contributed by atoms with Crippen molar-refractivity contribution in [3.05, 3.63) is 58.3 Å². The normalized spacial score (nSPS) is 20.8. The van der Waals surface area contributed by atoms with E-state index in [1.807, 2.05) is 40.6 Å². The van der Waals surface area contributed by atoms with Crippen molar-refractivity contribution < 1.29 is 9.53 Å². The number of hydrogen-bond donors (Lipinski definition) is 0. The second kappa shape index (κ2) is 6.23. The monoisotopic (exact) mass is 315 g/mol. The Morgan fingerprint density at radius 2 is 2.05 bits per heavy atom. The Morgan fingerprint density at radius 3 is 2.73 bits per heavy atom. The first-order chi connectivity index (χ1) is 10.6. The lowest BCUT2D eigenvalue weighted by Gasteiger charge is -2.45. The largest absolute Gasteiger partial charge is 0.374 e. The molecule has 1 unspecified atom stereocenters. The minimum atomic E-state index is -0.270. The fraction of sp³-hybridized carbons (Fsp3) is 0.389. The maximum absolute atomic E-state index is 12.8. The van der Waals surface area contributed by atoms with E-state index in [0.717, 1.165) is 11.3 Å². The summed E-state index contributed by atoms with van der Waals surface area (Å²) in [5, 5.41) is 1.95. The number of thiophene rings is 1. The second-order valence-electron chi connectivity index (χ2n) is 6.33. The van der Waals surface area contributed by atoms with Crippen molar-refractivity contribution in [3.8, 4) is 0 Å². The molecule has 2 heterocycles. The first kappa shape index (κ1) is 15.3. The lowest BCUT2D eigenvalue weighted by atomic mass is 9.98. The molecule has 0 saturated carbocycles. The fourth-order valence-electron chi connectivity index (χ4n) is 2.79. The van der Waals surface area contributed by atoms with E-state index in [1.54, 1.807) is 0 Å². The highest BCUT2D eigenvalue weighted by Crippen LogP contribution is 2.27. The van der Waals surface area contributed by atoms with Crippen LogP contribution in [0.3, 0.4) is 0 Å². The summed E-state index contributed by atoms with van der Waals surface area (Å²) >= 11 is 1.50. The summed E-state index contributed by atoms with van der Waals surface area (Å²) < 4.78 is 6.00. The van der Waals surface area contributed by atoms with Crippen LogP contribution in [0.25, 0.3) is 0 Å². The summed E-state index contributed by atoms with van der Waals surface area (Å²) in [6.45, 7) is 5.34. The van der Waals surface area contributed by atoms with Crippen molar-refractivity contribution in [2.45, 2.75) is 31.9 Å². The van der Waals surface area contributed by atoms with Crippen LogP contribution in [0.2, 0.25) is 0 Å². The molecular formula is C18H21NO2S. The number of nitrogens with zero attached hydrogens (tertiary/aromatic N) is 1. The van der Waals surface area contributed by atoms with Gasteiger partial charge in [-0.05, 0) is 30.9 Å². The Labute approximate surface area is 135 Å². The number of benzene rings is 1. The van der Waals surface area contributed by atoms with Crippen molar-refractivity contribution in [1.82, 2.24) is 4.90 Å². The fourth-order valence-corrected chi connectivity index (χ4v) is 3.47. The van der Waals surface area contributed by atoms with Crippen LogP contribution in [0.1, 0.15) is 29.1 Å². The van der Waals surface area contributed by atoms with Crippen LogP contribution in [-0.4, -0.2) is 35.6 Å². The van der Waals surface area contributed by atoms with Crippen LogP contribution in [0.15, 0.2) is 47.8 Å². The first-order valence-electron chi connectivity index (χ1n) is 7.57. The van der Waals surface area contributed by atoms with E-state index >= 15 is 0 Å². The van der Waals surface area contributed by atoms with Gasteiger partial charge in [0.2, 0.25) is 0 Å². The zero-order chi connectivity index (χ0) is 15.6. The third kappa shape index (κ3) is 3.23. The number of ether oxygens (including phenoxy) is 1. The standard InChI is InChI=1S/C18H21NO2S/c1-18(2)13-21-15(11-14-7-4-3-5-8-14)12-19(18)17(20)16-9-6-10-22-16/h3-10,15H,11-13H2,1-2H3. The van der Waals surface area contributed by atoms with Gasteiger partial charge in [0.1, 0.15) is 0 Å². The summed E-state index contributed by atoms with van der Waals surface area (Å²) in [5.41, 5.74) is 0.976. The van der Waals surface area contributed by atoms with E-state index < -0.39 is 0 Å². The van der Waals surface area contributed by atoms with E-state index in [2.05, 4.69) is 26.0 Å². The highest BCUT2D eigenvalue weighted by atomic mass is 32.1. The first-order valence-corrected chi connectivity index (χ1v) is 8.45. The number of rotatable bonds is 3. The zero-order valence-corrected chi connectivity index (χ0v) is 13.8. The molecule has 1 amide bonds. The summed E-state index contributed by atoms with van der Waals surface area (Å²) in [6.07, 6.45) is 0.893. The molecule has 1 aromatic heterocycles. The van der Waals surface area contributed by atoms with Crippen molar-refractivity contribution in [2.24, 2.45) is 0 Å². The maximum Gasteiger partial charge on any atom is 0.264 e.